The Hall–Kier alpha value is -3.59. The lowest BCUT2D eigenvalue weighted by Gasteiger charge is -2.08. The molecule has 0 bridgehead atoms. The number of rotatable bonds is 7. The number of carbonyl (C=O) groups excluding carboxylic acids is 1. The lowest BCUT2D eigenvalue weighted by atomic mass is 10.1. The highest BCUT2D eigenvalue weighted by atomic mass is 32.2. The number of esters is 1. The molecule has 4 rings (SSSR count). The molecule has 5 nitrogen and oxygen atoms in total. The Morgan fingerprint density at radius 1 is 0.912 bits per heavy atom. The molecule has 174 valence electrons. The molecule has 0 saturated carbocycles. The molecule has 0 spiro atoms. The minimum atomic E-state index is -4.41. The number of alkyl halides is 3. The Kier molecular flexibility index (Phi) is 7.02. The van der Waals surface area contributed by atoms with E-state index >= 15 is 0 Å². The quantitative estimate of drug-likeness (QED) is 0.244. The predicted molar refractivity (Wildman–Crippen MR) is 121 cm³/mol. The van der Waals surface area contributed by atoms with Crippen LogP contribution in [0.5, 0.6) is 0 Å². The number of halogens is 3. The fourth-order valence-electron chi connectivity index (χ4n) is 3.13. The van der Waals surface area contributed by atoms with Gasteiger partial charge in [0.1, 0.15) is 6.61 Å². The van der Waals surface area contributed by atoms with Gasteiger partial charge in [0.25, 0.3) is 5.22 Å². The van der Waals surface area contributed by atoms with E-state index in [1.165, 1.54) is 23.9 Å². The van der Waals surface area contributed by atoms with Crippen LogP contribution >= 0.6 is 11.8 Å². The summed E-state index contributed by atoms with van der Waals surface area (Å²) in [5.41, 5.74) is 1.56. The Labute approximate surface area is 196 Å². The van der Waals surface area contributed by atoms with Crippen molar-refractivity contribution in [2.75, 3.05) is 0 Å². The first-order chi connectivity index (χ1) is 16.3. The summed E-state index contributed by atoms with van der Waals surface area (Å²) in [4.78, 5) is 28.4. The average Bonchev–Trinajstić information content (AvgIpc) is 2.82. The molecule has 0 saturated heterocycles. The third kappa shape index (κ3) is 6.05. The monoisotopic (exact) mass is 485 g/mol. The van der Waals surface area contributed by atoms with E-state index in [1.807, 2.05) is 24.3 Å². The number of para-hydroxylation sites is 1. The van der Waals surface area contributed by atoms with E-state index in [-0.39, 0.29) is 18.3 Å². The van der Waals surface area contributed by atoms with Gasteiger partial charge < -0.3 is 9.15 Å². The Balaban J connectivity index is 1.27. The van der Waals surface area contributed by atoms with Crippen LogP contribution in [0.25, 0.3) is 10.9 Å². The molecule has 0 amide bonds. The first-order valence-electron chi connectivity index (χ1n) is 10.2. The number of nitrogens with zero attached hydrogens (tertiary/aromatic N) is 1. The summed E-state index contributed by atoms with van der Waals surface area (Å²) in [5.74, 6) is -0.000714. The molecule has 0 atom stereocenters. The van der Waals surface area contributed by atoms with Crippen molar-refractivity contribution in [3.63, 3.8) is 0 Å². The number of thioether (sulfide) groups is 1. The largest absolute Gasteiger partial charge is 0.461 e. The van der Waals surface area contributed by atoms with Gasteiger partial charge in [-0.2, -0.15) is 13.2 Å². The summed E-state index contributed by atoms with van der Waals surface area (Å²) < 4.78 is 48.3. The molecule has 0 fully saturated rings. The maximum Gasteiger partial charge on any atom is 0.416 e. The Morgan fingerprint density at radius 3 is 2.26 bits per heavy atom. The molecule has 1 heterocycles. The number of fused-ring (bicyclic) bond motifs is 1. The summed E-state index contributed by atoms with van der Waals surface area (Å²) in [5, 5.41) is 0.717. The molecular formula is C25H18F3NO4S. The second kappa shape index (κ2) is 10.1. The number of ether oxygens (including phenoxy) is 1. The lowest BCUT2D eigenvalue weighted by molar-refractivity contribution is -0.144. The maximum atomic E-state index is 12.6. The third-order valence-corrected chi connectivity index (χ3v) is 5.83. The van der Waals surface area contributed by atoms with Gasteiger partial charge in [-0.15, -0.1) is 0 Å². The molecule has 0 aliphatic heterocycles. The maximum absolute atomic E-state index is 12.6. The molecular weight excluding hydrogens is 467 g/mol. The van der Waals surface area contributed by atoms with Gasteiger partial charge in [-0.1, -0.05) is 60.3 Å². The van der Waals surface area contributed by atoms with Crippen LogP contribution < -0.4 is 5.63 Å². The number of aromatic nitrogens is 1. The highest BCUT2D eigenvalue weighted by molar-refractivity contribution is 7.98. The molecule has 0 unspecified atom stereocenters. The fraction of sp³-hybridized carbons (Fsp3) is 0.160. The summed E-state index contributed by atoms with van der Waals surface area (Å²) in [7, 11) is 0. The SMILES string of the molecule is O=C(Cc1ccc(C(F)(F)F)cc1)OCc1ccc(CSc2nc3ccccc3c(=O)o2)cc1. The Morgan fingerprint density at radius 2 is 1.56 bits per heavy atom. The predicted octanol–water partition coefficient (Wildman–Crippen LogP) is 5.79. The van der Waals surface area contributed by atoms with Crippen LogP contribution in [0, 0.1) is 0 Å². The number of hydrogen-bond acceptors (Lipinski definition) is 6. The van der Waals surface area contributed by atoms with Gasteiger partial charge in [-0.05, 0) is 41.0 Å². The Bertz CT molecular complexity index is 1350. The van der Waals surface area contributed by atoms with Crippen molar-refractivity contribution in [3.05, 3.63) is 105 Å². The van der Waals surface area contributed by atoms with Crippen LogP contribution in [0.2, 0.25) is 0 Å². The standard InChI is InChI=1S/C25H18F3NO4S/c26-25(27,28)19-11-9-16(10-12-19)13-22(30)32-14-17-5-7-18(8-6-17)15-34-24-29-21-4-2-1-3-20(21)23(31)33-24/h1-12H,13-15H2. The zero-order valence-corrected chi connectivity index (χ0v) is 18.5. The van der Waals surface area contributed by atoms with Crippen LogP contribution in [-0.4, -0.2) is 11.0 Å². The van der Waals surface area contributed by atoms with Crippen molar-refractivity contribution < 1.29 is 27.1 Å². The molecule has 4 aromatic rings. The molecule has 0 aliphatic rings. The van der Waals surface area contributed by atoms with Gasteiger partial charge >= 0.3 is 17.8 Å². The van der Waals surface area contributed by atoms with Crippen LogP contribution in [0.4, 0.5) is 13.2 Å². The minimum absolute atomic E-state index is 0.0496. The molecule has 3 aromatic carbocycles. The van der Waals surface area contributed by atoms with Crippen molar-refractivity contribution in [2.24, 2.45) is 0 Å². The summed E-state index contributed by atoms with van der Waals surface area (Å²) >= 11 is 1.30. The molecule has 0 N–H and O–H groups in total. The van der Waals surface area contributed by atoms with Crippen LogP contribution in [0.1, 0.15) is 22.3 Å². The van der Waals surface area contributed by atoms with Gasteiger partial charge in [0.2, 0.25) is 0 Å². The first-order valence-corrected chi connectivity index (χ1v) is 11.2. The van der Waals surface area contributed by atoms with Gasteiger partial charge in [0.15, 0.2) is 0 Å². The highest BCUT2D eigenvalue weighted by Crippen LogP contribution is 2.29. The van der Waals surface area contributed by atoms with E-state index in [0.29, 0.717) is 22.2 Å². The summed E-state index contributed by atoms with van der Waals surface area (Å²) in [6, 6.07) is 18.7. The van der Waals surface area contributed by atoms with Crippen molar-refractivity contribution in [1.82, 2.24) is 4.98 Å². The molecule has 9 heteroatoms. The van der Waals surface area contributed by atoms with Crippen molar-refractivity contribution in [1.29, 1.82) is 0 Å². The zero-order chi connectivity index (χ0) is 24.1. The van der Waals surface area contributed by atoms with E-state index in [2.05, 4.69) is 4.98 Å². The minimum Gasteiger partial charge on any atom is -0.461 e. The number of hydrogen-bond donors (Lipinski definition) is 0. The highest BCUT2D eigenvalue weighted by Gasteiger charge is 2.30. The van der Waals surface area contributed by atoms with Crippen molar-refractivity contribution >= 4 is 28.6 Å². The second-order valence-electron chi connectivity index (χ2n) is 7.42. The summed E-state index contributed by atoms with van der Waals surface area (Å²) in [6.45, 7) is 0.0496. The summed E-state index contributed by atoms with van der Waals surface area (Å²) in [6.07, 6.45) is -4.53. The van der Waals surface area contributed by atoms with Crippen molar-refractivity contribution in [3.8, 4) is 0 Å². The molecule has 34 heavy (non-hydrogen) atoms. The molecule has 1 aromatic heterocycles. The van der Waals surface area contributed by atoms with E-state index in [0.717, 1.165) is 23.3 Å². The topological polar surface area (TPSA) is 69.4 Å². The van der Waals surface area contributed by atoms with E-state index in [1.54, 1.807) is 24.3 Å². The van der Waals surface area contributed by atoms with Gasteiger partial charge in [-0.3, -0.25) is 4.79 Å². The zero-order valence-electron chi connectivity index (χ0n) is 17.7. The van der Waals surface area contributed by atoms with Crippen LogP contribution in [-0.2, 0) is 34.5 Å². The lowest BCUT2D eigenvalue weighted by Crippen LogP contribution is -2.09. The third-order valence-electron chi connectivity index (χ3n) is 4.93. The fourth-order valence-corrected chi connectivity index (χ4v) is 3.91. The average molecular weight is 485 g/mol. The first kappa shape index (κ1) is 23.6. The van der Waals surface area contributed by atoms with Gasteiger partial charge in [-0.25, -0.2) is 9.78 Å². The van der Waals surface area contributed by atoms with Crippen LogP contribution in [0.3, 0.4) is 0 Å². The van der Waals surface area contributed by atoms with Crippen molar-refractivity contribution in [2.45, 2.75) is 30.2 Å². The van der Waals surface area contributed by atoms with Gasteiger partial charge in [0.05, 0.1) is 22.9 Å². The van der Waals surface area contributed by atoms with Gasteiger partial charge in [0, 0.05) is 5.75 Å². The van der Waals surface area contributed by atoms with E-state index in [9.17, 15) is 22.8 Å². The van der Waals surface area contributed by atoms with E-state index in [4.69, 9.17) is 9.15 Å². The smallest absolute Gasteiger partial charge is 0.416 e. The normalized spacial score (nSPS) is 11.5. The number of benzene rings is 3. The van der Waals surface area contributed by atoms with Crippen LogP contribution in [0.15, 0.2) is 87.2 Å². The molecule has 0 radical (unpaired) electrons. The van der Waals surface area contributed by atoms with E-state index < -0.39 is 23.3 Å². The second-order valence-corrected chi connectivity index (χ2v) is 8.35. The molecule has 0 aliphatic carbocycles. The number of carbonyl (C=O) groups is 1.